The van der Waals surface area contributed by atoms with Crippen molar-refractivity contribution in [1.82, 2.24) is 10.2 Å². The van der Waals surface area contributed by atoms with E-state index in [1.807, 2.05) is 0 Å². The van der Waals surface area contributed by atoms with Crippen molar-refractivity contribution in [3.8, 4) is 0 Å². The molecule has 0 aliphatic rings. The van der Waals surface area contributed by atoms with Crippen LogP contribution in [0.5, 0.6) is 0 Å². The Morgan fingerprint density at radius 2 is 1.51 bits per heavy atom. The predicted molar refractivity (Wildman–Crippen MR) is 138 cm³/mol. The maximum absolute atomic E-state index is 13.6. The number of rotatable bonds is 9. The predicted octanol–water partition coefficient (Wildman–Crippen LogP) is 4.35. The first-order valence-corrected chi connectivity index (χ1v) is 12.9. The number of amides is 2. The molecule has 0 heterocycles. The van der Waals surface area contributed by atoms with Crippen LogP contribution in [-0.4, -0.2) is 44.8 Å². The van der Waals surface area contributed by atoms with Gasteiger partial charge in [-0.3, -0.25) is 13.9 Å². The van der Waals surface area contributed by atoms with Crippen LogP contribution in [0.25, 0.3) is 0 Å². The number of halogens is 2. The molecule has 7 nitrogen and oxygen atoms in total. The number of benzene rings is 3. The van der Waals surface area contributed by atoms with Crippen molar-refractivity contribution in [2.45, 2.75) is 24.4 Å². The number of hydrogen-bond donors (Lipinski definition) is 1. The number of carbonyl (C=O) groups is 2. The Kier molecular flexibility index (Phi) is 8.77. The molecular formula is C25H25Cl2N3O4S. The average molecular weight is 534 g/mol. The Bertz CT molecular complexity index is 1290. The zero-order chi connectivity index (χ0) is 25.6. The minimum Gasteiger partial charge on any atom is -0.357 e. The molecule has 0 aromatic heterocycles. The molecule has 0 fully saturated rings. The molecule has 0 radical (unpaired) electrons. The molecule has 3 aromatic rings. The maximum Gasteiger partial charge on any atom is 0.264 e. The fourth-order valence-corrected chi connectivity index (χ4v) is 5.22. The van der Waals surface area contributed by atoms with Crippen LogP contribution in [0, 0.1) is 0 Å². The molecule has 2 amide bonds. The monoisotopic (exact) mass is 533 g/mol. The fourth-order valence-electron chi connectivity index (χ4n) is 3.47. The van der Waals surface area contributed by atoms with Crippen LogP contribution in [0.15, 0.2) is 83.8 Å². The van der Waals surface area contributed by atoms with Crippen molar-refractivity contribution in [3.05, 3.63) is 94.5 Å². The van der Waals surface area contributed by atoms with Crippen LogP contribution in [0.1, 0.15) is 12.5 Å². The fraction of sp³-hybridized carbons (Fsp3) is 0.200. The first-order chi connectivity index (χ1) is 16.6. The van der Waals surface area contributed by atoms with Gasteiger partial charge >= 0.3 is 0 Å². The minimum atomic E-state index is -4.07. The minimum absolute atomic E-state index is 0.0261. The SMILES string of the molecule is CNC(=O)[C@H](C)N(Cc1ccc(Cl)c(Cl)c1)C(=O)CN(c1ccccc1)S(=O)(=O)c1ccccc1. The number of carbonyl (C=O) groups excluding carboxylic acids is 2. The highest BCUT2D eigenvalue weighted by atomic mass is 35.5. The number of anilines is 1. The van der Waals surface area contributed by atoms with Crippen LogP contribution in [0.2, 0.25) is 10.0 Å². The Hall–Kier alpha value is -3.07. The van der Waals surface area contributed by atoms with E-state index >= 15 is 0 Å². The van der Waals surface area contributed by atoms with E-state index in [1.165, 1.54) is 24.1 Å². The van der Waals surface area contributed by atoms with E-state index in [9.17, 15) is 18.0 Å². The van der Waals surface area contributed by atoms with Gasteiger partial charge in [0.15, 0.2) is 0 Å². The topological polar surface area (TPSA) is 86.8 Å². The summed E-state index contributed by atoms with van der Waals surface area (Å²) in [5.74, 6) is -0.953. The molecule has 10 heteroatoms. The Balaban J connectivity index is 2.00. The van der Waals surface area contributed by atoms with Crippen molar-refractivity contribution in [2.75, 3.05) is 17.9 Å². The lowest BCUT2D eigenvalue weighted by Crippen LogP contribution is -2.50. The van der Waals surface area contributed by atoms with Crippen molar-refractivity contribution >= 4 is 50.7 Å². The van der Waals surface area contributed by atoms with Crippen molar-refractivity contribution in [1.29, 1.82) is 0 Å². The van der Waals surface area contributed by atoms with Gasteiger partial charge in [0, 0.05) is 13.6 Å². The van der Waals surface area contributed by atoms with E-state index in [2.05, 4.69) is 5.32 Å². The van der Waals surface area contributed by atoms with Gasteiger partial charge in [-0.15, -0.1) is 0 Å². The Morgan fingerprint density at radius 3 is 2.09 bits per heavy atom. The molecule has 0 aliphatic carbocycles. The molecular weight excluding hydrogens is 509 g/mol. The lowest BCUT2D eigenvalue weighted by Gasteiger charge is -2.31. The van der Waals surface area contributed by atoms with Crippen LogP contribution in [0.3, 0.4) is 0 Å². The third-order valence-electron chi connectivity index (χ3n) is 5.40. The average Bonchev–Trinajstić information content (AvgIpc) is 2.87. The van der Waals surface area contributed by atoms with E-state index in [-0.39, 0.29) is 11.4 Å². The molecule has 1 N–H and O–H groups in total. The summed E-state index contributed by atoms with van der Waals surface area (Å²) in [7, 11) is -2.60. The van der Waals surface area contributed by atoms with Gasteiger partial charge in [-0.25, -0.2) is 8.42 Å². The quantitative estimate of drug-likeness (QED) is 0.442. The highest BCUT2D eigenvalue weighted by Gasteiger charge is 2.32. The second kappa shape index (κ2) is 11.6. The first-order valence-electron chi connectivity index (χ1n) is 10.7. The molecule has 3 aromatic carbocycles. The third-order valence-corrected chi connectivity index (χ3v) is 7.93. The normalized spacial score (nSPS) is 12.0. The molecule has 184 valence electrons. The molecule has 0 spiro atoms. The van der Waals surface area contributed by atoms with Crippen molar-refractivity contribution in [3.63, 3.8) is 0 Å². The Labute approximate surface area is 215 Å². The summed E-state index contributed by atoms with van der Waals surface area (Å²) in [5, 5.41) is 3.20. The molecule has 3 rings (SSSR count). The first kappa shape index (κ1) is 26.5. The number of nitrogens with zero attached hydrogens (tertiary/aromatic N) is 2. The highest BCUT2D eigenvalue weighted by molar-refractivity contribution is 7.92. The lowest BCUT2D eigenvalue weighted by atomic mass is 10.1. The van der Waals surface area contributed by atoms with Gasteiger partial charge in [0.1, 0.15) is 12.6 Å². The van der Waals surface area contributed by atoms with Gasteiger partial charge in [-0.1, -0.05) is 65.7 Å². The molecule has 1 atom stereocenters. The summed E-state index contributed by atoms with van der Waals surface area (Å²) >= 11 is 12.1. The van der Waals surface area contributed by atoms with Gasteiger partial charge in [-0.2, -0.15) is 0 Å². The van der Waals surface area contributed by atoms with Crippen LogP contribution >= 0.6 is 23.2 Å². The number of sulfonamides is 1. The Morgan fingerprint density at radius 1 is 0.914 bits per heavy atom. The second-order valence-corrected chi connectivity index (χ2v) is 10.4. The summed E-state index contributed by atoms with van der Waals surface area (Å²) in [6, 6.07) is 20.3. The molecule has 0 unspecified atom stereocenters. The van der Waals surface area contributed by atoms with Gasteiger partial charge in [0.2, 0.25) is 11.8 Å². The standard InChI is InChI=1S/C25H25Cl2N3O4S/c1-18(25(32)28-2)29(16-19-13-14-22(26)23(27)15-19)24(31)17-30(20-9-5-3-6-10-20)35(33,34)21-11-7-4-8-12-21/h3-15,18H,16-17H2,1-2H3,(H,28,32)/t18-/m0/s1. The van der Waals surface area contributed by atoms with Crippen molar-refractivity contribution in [2.24, 2.45) is 0 Å². The van der Waals surface area contributed by atoms with Crippen molar-refractivity contribution < 1.29 is 18.0 Å². The highest BCUT2D eigenvalue weighted by Crippen LogP contribution is 2.26. The van der Waals surface area contributed by atoms with Gasteiger partial charge in [0.05, 0.1) is 20.6 Å². The zero-order valence-electron chi connectivity index (χ0n) is 19.2. The van der Waals surface area contributed by atoms with Crippen LogP contribution in [-0.2, 0) is 26.2 Å². The summed E-state index contributed by atoms with van der Waals surface area (Å²) in [6.07, 6.45) is 0. The number of hydrogen-bond acceptors (Lipinski definition) is 4. The number of likely N-dealkylation sites (N-methyl/N-ethyl adjacent to an activating group) is 1. The molecule has 0 aliphatic heterocycles. The number of para-hydroxylation sites is 1. The summed E-state index contributed by atoms with van der Waals surface area (Å²) in [4.78, 5) is 27.4. The molecule has 35 heavy (non-hydrogen) atoms. The largest absolute Gasteiger partial charge is 0.357 e. The molecule has 0 saturated heterocycles. The van der Waals surface area contributed by atoms with E-state index < -0.39 is 34.4 Å². The van der Waals surface area contributed by atoms with Crippen LogP contribution in [0.4, 0.5) is 5.69 Å². The number of nitrogens with one attached hydrogen (secondary N) is 1. The molecule has 0 saturated carbocycles. The summed E-state index contributed by atoms with van der Waals surface area (Å²) in [5.41, 5.74) is 0.965. The van der Waals surface area contributed by atoms with E-state index in [0.29, 0.717) is 21.3 Å². The maximum atomic E-state index is 13.6. The van der Waals surface area contributed by atoms with E-state index in [4.69, 9.17) is 23.2 Å². The smallest absolute Gasteiger partial charge is 0.264 e. The second-order valence-electron chi connectivity index (χ2n) is 7.72. The van der Waals surface area contributed by atoms with Gasteiger partial charge in [0.25, 0.3) is 10.0 Å². The van der Waals surface area contributed by atoms with E-state index in [0.717, 1.165) is 4.31 Å². The van der Waals surface area contributed by atoms with E-state index in [1.54, 1.807) is 73.7 Å². The van der Waals surface area contributed by atoms with Gasteiger partial charge < -0.3 is 10.2 Å². The van der Waals surface area contributed by atoms with Crippen LogP contribution < -0.4 is 9.62 Å². The third kappa shape index (κ3) is 6.33. The summed E-state index contributed by atoms with van der Waals surface area (Å²) in [6.45, 7) is 1.09. The summed E-state index contributed by atoms with van der Waals surface area (Å²) < 4.78 is 28.1. The van der Waals surface area contributed by atoms with Gasteiger partial charge in [-0.05, 0) is 48.9 Å². The zero-order valence-corrected chi connectivity index (χ0v) is 21.5. The molecule has 0 bridgehead atoms. The lowest BCUT2D eigenvalue weighted by molar-refractivity contribution is -0.139.